The molecule has 0 aromatic carbocycles. The molecule has 112 valence electrons. The van der Waals surface area contributed by atoms with Crippen LogP contribution >= 0.6 is 0 Å². The molecule has 0 unspecified atom stereocenters. The molecule has 2 aliphatic rings. The number of aromatic nitrogens is 1. The molecule has 20 heavy (non-hydrogen) atoms. The van der Waals surface area contributed by atoms with Gasteiger partial charge in [0.25, 0.3) is 10.2 Å². The summed E-state index contributed by atoms with van der Waals surface area (Å²) in [5.74, 6) is 1.45. The highest BCUT2D eigenvalue weighted by atomic mass is 32.2. The molecule has 0 amide bonds. The summed E-state index contributed by atoms with van der Waals surface area (Å²) in [6.07, 6.45) is 3.19. The van der Waals surface area contributed by atoms with Gasteiger partial charge in [0.05, 0.1) is 12.2 Å². The van der Waals surface area contributed by atoms with E-state index in [0.717, 1.165) is 24.4 Å². The van der Waals surface area contributed by atoms with Gasteiger partial charge in [-0.2, -0.15) is 12.7 Å². The van der Waals surface area contributed by atoms with Crippen molar-refractivity contribution in [3.63, 3.8) is 0 Å². The summed E-state index contributed by atoms with van der Waals surface area (Å²) in [4.78, 5) is 2.18. The fourth-order valence-corrected chi connectivity index (χ4v) is 3.27. The van der Waals surface area contributed by atoms with Gasteiger partial charge in [-0.3, -0.25) is 4.90 Å². The van der Waals surface area contributed by atoms with Crippen LogP contribution in [0.15, 0.2) is 10.6 Å². The van der Waals surface area contributed by atoms with Crippen molar-refractivity contribution in [2.24, 2.45) is 5.14 Å². The van der Waals surface area contributed by atoms with Crippen LogP contribution in [0.4, 0.5) is 0 Å². The van der Waals surface area contributed by atoms with Gasteiger partial charge in [0.1, 0.15) is 0 Å². The molecular weight excluding hydrogens is 280 g/mol. The number of nitrogens with two attached hydrogens (primary N) is 1. The van der Waals surface area contributed by atoms with E-state index >= 15 is 0 Å². The Hall–Kier alpha value is -0.960. The van der Waals surface area contributed by atoms with Gasteiger partial charge in [-0.25, -0.2) is 5.14 Å². The van der Waals surface area contributed by atoms with Crippen molar-refractivity contribution in [1.82, 2.24) is 14.4 Å². The molecule has 1 aromatic heterocycles. The van der Waals surface area contributed by atoms with E-state index in [4.69, 9.17) is 9.66 Å². The number of rotatable bonds is 4. The van der Waals surface area contributed by atoms with Crippen molar-refractivity contribution in [3.8, 4) is 0 Å². The molecule has 3 rings (SSSR count). The van der Waals surface area contributed by atoms with Crippen LogP contribution in [-0.2, 0) is 16.8 Å². The Kier molecular flexibility index (Phi) is 3.80. The lowest BCUT2D eigenvalue weighted by molar-refractivity contribution is 0.240. The third kappa shape index (κ3) is 3.38. The van der Waals surface area contributed by atoms with Gasteiger partial charge in [0, 0.05) is 31.6 Å². The lowest BCUT2D eigenvalue weighted by atomic mass is 10.2. The highest BCUT2D eigenvalue weighted by Gasteiger charge is 2.28. The molecule has 1 aromatic rings. The third-order valence-corrected chi connectivity index (χ3v) is 4.94. The van der Waals surface area contributed by atoms with Crippen molar-refractivity contribution in [2.45, 2.75) is 31.7 Å². The zero-order valence-corrected chi connectivity index (χ0v) is 12.2. The molecular formula is C12H20N4O3S. The first-order chi connectivity index (χ1) is 9.52. The zero-order chi connectivity index (χ0) is 14.2. The Bertz CT molecular complexity index is 567. The topological polar surface area (TPSA) is 92.7 Å². The monoisotopic (exact) mass is 300 g/mol. The van der Waals surface area contributed by atoms with Gasteiger partial charge in [-0.05, 0) is 25.8 Å². The molecule has 0 spiro atoms. The summed E-state index contributed by atoms with van der Waals surface area (Å²) < 4.78 is 29.4. The van der Waals surface area contributed by atoms with Crippen LogP contribution in [0.3, 0.4) is 0 Å². The lowest BCUT2D eigenvalue weighted by Crippen LogP contribution is -2.39. The Morgan fingerprint density at radius 1 is 1.30 bits per heavy atom. The van der Waals surface area contributed by atoms with Crippen molar-refractivity contribution in [1.29, 1.82) is 0 Å². The van der Waals surface area contributed by atoms with E-state index in [9.17, 15) is 8.42 Å². The second-order valence-electron chi connectivity index (χ2n) is 5.57. The average molecular weight is 300 g/mol. The number of nitrogens with zero attached hydrogens (tertiary/aromatic N) is 3. The minimum atomic E-state index is -3.57. The van der Waals surface area contributed by atoms with Crippen LogP contribution in [0.5, 0.6) is 0 Å². The molecule has 1 saturated carbocycles. The Labute approximate surface area is 118 Å². The standard InChI is InChI=1S/C12H20N4O3S/c13-20(17,18)16-5-1-4-15(6-7-16)9-11-8-12(14-19-11)10-2-3-10/h8,10H,1-7,9H2,(H2,13,17,18). The van der Waals surface area contributed by atoms with E-state index in [0.29, 0.717) is 32.1 Å². The maximum Gasteiger partial charge on any atom is 0.276 e. The maximum absolute atomic E-state index is 11.3. The van der Waals surface area contributed by atoms with Crippen LogP contribution in [-0.4, -0.2) is 49.0 Å². The van der Waals surface area contributed by atoms with Crippen LogP contribution in [0.1, 0.15) is 36.6 Å². The number of hydrogen-bond acceptors (Lipinski definition) is 5. The van der Waals surface area contributed by atoms with E-state index in [1.165, 1.54) is 17.1 Å². The molecule has 8 heteroatoms. The van der Waals surface area contributed by atoms with Gasteiger partial charge in [0.15, 0.2) is 5.76 Å². The maximum atomic E-state index is 11.3. The first-order valence-electron chi connectivity index (χ1n) is 6.98. The van der Waals surface area contributed by atoms with Gasteiger partial charge < -0.3 is 4.52 Å². The molecule has 0 radical (unpaired) electrons. The van der Waals surface area contributed by atoms with E-state index in [-0.39, 0.29) is 0 Å². The predicted octanol–water partition coefficient (Wildman–Crippen LogP) is 0.263. The minimum Gasteiger partial charge on any atom is -0.360 e. The Balaban J connectivity index is 1.57. The Morgan fingerprint density at radius 3 is 2.80 bits per heavy atom. The van der Waals surface area contributed by atoms with Gasteiger partial charge in [0.2, 0.25) is 0 Å². The fourth-order valence-electron chi connectivity index (χ4n) is 2.56. The molecule has 0 bridgehead atoms. The molecule has 2 heterocycles. The van der Waals surface area contributed by atoms with Crippen LogP contribution in [0.25, 0.3) is 0 Å². The van der Waals surface area contributed by atoms with Crippen LogP contribution in [0.2, 0.25) is 0 Å². The van der Waals surface area contributed by atoms with E-state index < -0.39 is 10.2 Å². The highest BCUT2D eigenvalue weighted by Crippen LogP contribution is 2.39. The summed E-state index contributed by atoms with van der Waals surface area (Å²) in [5, 5.41) is 9.27. The molecule has 2 fully saturated rings. The van der Waals surface area contributed by atoms with Crippen molar-refractivity contribution in [2.75, 3.05) is 26.2 Å². The number of hydrogen-bond donors (Lipinski definition) is 1. The second kappa shape index (κ2) is 5.44. The lowest BCUT2D eigenvalue weighted by Gasteiger charge is -2.18. The SMILES string of the molecule is NS(=O)(=O)N1CCCN(Cc2cc(C3CC3)no2)CC1. The van der Waals surface area contributed by atoms with Gasteiger partial charge in [-0.1, -0.05) is 5.16 Å². The van der Waals surface area contributed by atoms with Crippen LogP contribution < -0.4 is 5.14 Å². The van der Waals surface area contributed by atoms with E-state index in [1.807, 2.05) is 6.07 Å². The normalized spacial score (nSPS) is 22.9. The molecule has 7 nitrogen and oxygen atoms in total. The van der Waals surface area contributed by atoms with Gasteiger partial charge >= 0.3 is 0 Å². The summed E-state index contributed by atoms with van der Waals surface area (Å²) in [6.45, 7) is 3.10. The second-order valence-corrected chi connectivity index (χ2v) is 7.11. The first kappa shape index (κ1) is 14.0. The largest absolute Gasteiger partial charge is 0.360 e. The molecule has 1 saturated heterocycles. The summed E-state index contributed by atoms with van der Waals surface area (Å²) in [5.41, 5.74) is 1.06. The van der Waals surface area contributed by atoms with Gasteiger partial charge in [-0.15, -0.1) is 0 Å². The van der Waals surface area contributed by atoms with Crippen molar-refractivity contribution >= 4 is 10.2 Å². The summed E-state index contributed by atoms with van der Waals surface area (Å²) >= 11 is 0. The molecule has 0 atom stereocenters. The minimum absolute atomic E-state index is 0.433. The fraction of sp³-hybridized carbons (Fsp3) is 0.750. The van der Waals surface area contributed by atoms with E-state index in [2.05, 4.69) is 10.1 Å². The smallest absolute Gasteiger partial charge is 0.276 e. The van der Waals surface area contributed by atoms with Crippen LogP contribution in [0, 0.1) is 0 Å². The zero-order valence-electron chi connectivity index (χ0n) is 11.4. The van der Waals surface area contributed by atoms with E-state index in [1.54, 1.807) is 0 Å². The Morgan fingerprint density at radius 2 is 2.10 bits per heavy atom. The summed E-state index contributed by atoms with van der Waals surface area (Å²) in [6, 6.07) is 2.03. The predicted molar refractivity (Wildman–Crippen MR) is 73.1 cm³/mol. The molecule has 1 aliphatic heterocycles. The molecule has 2 N–H and O–H groups in total. The third-order valence-electron chi connectivity index (χ3n) is 3.86. The molecule has 1 aliphatic carbocycles. The summed E-state index contributed by atoms with van der Waals surface area (Å²) in [7, 11) is -3.57. The van der Waals surface area contributed by atoms with Crippen molar-refractivity contribution < 1.29 is 12.9 Å². The average Bonchev–Trinajstić information content (AvgIpc) is 3.15. The first-order valence-corrected chi connectivity index (χ1v) is 8.48. The van der Waals surface area contributed by atoms with Crippen molar-refractivity contribution in [3.05, 3.63) is 17.5 Å². The highest BCUT2D eigenvalue weighted by molar-refractivity contribution is 7.86. The quantitative estimate of drug-likeness (QED) is 0.861.